The molecule has 3 rings (SSSR count). The highest BCUT2D eigenvalue weighted by Gasteiger charge is 2.20. The van der Waals surface area contributed by atoms with Crippen LogP contribution < -0.4 is 11.1 Å². The highest BCUT2D eigenvalue weighted by Crippen LogP contribution is 2.16. The molecule has 3 N–H and O–H groups in total. The van der Waals surface area contributed by atoms with Gasteiger partial charge in [0.05, 0.1) is 0 Å². The second-order valence-corrected chi connectivity index (χ2v) is 5.32. The standard InChI is InChI=1S/C18H17N3O2/c19-18(23)17(14-7-2-1-3-8-14)20-16(22)12-21-11-10-13-6-4-5-9-15(13)21/h1-11,17H,12H2,(H2,19,23)(H,20,22)/t17-/m1/s1. The van der Waals surface area contributed by atoms with E-state index >= 15 is 0 Å². The van der Waals surface area contributed by atoms with E-state index in [9.17, 15) is 9.59 Å². The van der Waals surface area contributed by atoms with Crippen molar-refractivity contribution in [3.63, 3.8) is 0 Å². The summed E-state index contributed by atoms with van der Waals surface area (Å²) in [4.78, 5) is 24.0. The zero-order chi connectivity index (χ0) is 16.2. The number of hydrogen-bond donors (Lipinski definition) is 2. The van der Waals surface area contributed by atoms with Gasteiger partial charge in [0.25, 0.3) is 0 Å². The predicted molar refractivity (Wildman–Crippen MR) is 88.5 cm³/mol. The number of nitrogens with zero attached hydrogens (tertiary/aromatic N) is 1. The fraction of sp³-hybridized carbons (Fsp3) is 0.111. The molecule has 23 heavy (non-hydrogen) atoms. The van der Waals surface area contributed by atoms with Crippen molar-refractivity contribution in [3.05, 3.63) is 72.4 Å². The van der Waals surface area contributed by atoms with Crippen molar-refractivity contribution in [2.45, 2.75) is 12.6 Å². The summed E-state index contributed by atoms with van der Waals surface area (Å²) in [6.07, 6.45) is 1.85. The Morgan fingerprint density at radius 1 is 1.00 bits per heavy atom. The van der Waals surface area contributed by atoms with E-state index in [1.165, 1.54) is 0 Å². The summed E-state index contributed by atoms with van der Waals surface area (Å²) in [6.45, 7) is 0.129. The molecule has 2 aromatic carbocycles. The molecule has 1 atom stereocenters. The van der Waals surface area contributed by atoms with E-state index in [-0.39, 0.29) is 12.5 Å². The van der Waals surface area contributed by atoms with Crippen LogP contribution >= 0.6 is 0 Å². The fourth-order valence-corrected chi connectivity index (χ4v) is 2.60. The average Bonchev–Trinajstić information content (AvgIpc) is 2.96. The summed E-state index contributed by atoms with van der Waals surface area (Å²) in [5.41, 5.74) is 7.06. The molecule has 5 heteroatoms. The molecular weight excluding hydrogens is 290 g/mol. The van der Waals surface area contributed by atoms with Gasteiger partial charge in [0.2, 0.25) is 11.8 Å². The molecule has 1 aromatic heterocycles. The molecular formula is C18H17N3O2. The number of nitrogens with two attached hydrogens (primary N) is 1. The molecule has 0 radical (unpaired) electrons. The molecule has 0 fully saturated rings. The number of carbonyl (C=O) groups is 2. The topological polar surface area (TPSA) is 77.1 Å². The van der Waals surface area contributed by atoms with Crippen LogP contribution in [0.1, 0.15) is 11.6 Å². The molecule has 0 bridgehead atoms. The normalized spacial score (nSPS) is 12.0. The van der Waals surface area contributed by atoms with Crippen LogP contribution in [0.5, 0.6) is 0 Å². The van der Waals surface area contributed by atoms with Gasteiger partial charge < -0.3 is 15.6 Å². The monoisotopic (exact) mass is 307 g/mol. The fourth-order valence-electron chi connectivity index (χ4n) is 2.60. The van der Waals surface area contributed by atoms with Gasteiger partial charge in [0.15, 0.2) is 0 Å². The van der Waals surface area contributed by atoms with Crippen molar-refractivity contribution in [2.75, 3.05) is 0 Å². The van der Waals surface area contributed by atoms with Crippen molar-refractivity contribution in [1.29, 1.82) is 0 Å². The number of benzene rings is 2. The summed E-state index contributed by atoms with van der Waals surface area (Å²) in [5, 5.41) is 3.77. The quantitative estimate of drug-likeness (QED) is 0.756. The average molecular weight is 307 g/mol. The van der Waals surface area contributed by atoms with Gasteiger partial charge in [-0.2, -0.15) is 0 Å². The Morgan fingerprint density at radius 3 is 2.43 bits per heavy atom. The minimum Gasteiger partial charge on any atom is -0.368 e. The highest BCUT2D eigenvalue weighted by atomic mass is 16.2. The first-order valence-electron chi connectivity index (χ1n) is 7.32. The van der Waals surface area contributed by atoms with Crippen LogP contribution in [0.3, 0.4) is 0 Å². The number of amides is 2. The van der Waals surface area contributed by atoms with E-state index in [1.54, 1.807) is 24.3 Å². The third-order valence-corrected chi connectivity index (χ3v) is 3.72. The number of fused-ring (bicyclic) bond motifs is 1. The number of aromatic nitrogens is 1. The lowest BCUT2D eigenvalue weighted by Crippen LogP contribution is -2.39. The number of para-hydroxylation sites is 1. The van der Waals surface area contributed by atoms with Crippen molar-refractivity contribution < 1.29 is 9.59 Å². The van der Waals surface area contributed by atoms with Crippen LogP contribution in [-0.2, 0) is 16.1 Å². The Labute approximate surface area is 133 Å². The second kappa shape index (κ2) is 6.36. The van der Waals surface area contributed by atoms with Gasteiger partial charge in [-0.15, -0.1) is 0 Å². The molecule has 0 saturated carbocycles. The first-order chi connectivity index (χ1) is 11.1. The molecule has 0 saturated heterocycles. The molecule has 0 aliphatic rings. The smallest absolute Gasteiger partial charge is 0.244 e. The van der Waals surface area contributed by atoms with E-state index in [2.05, 4.69) is 5.32 Å². The Hall–Kier alpha value is -3.08. The maximum atomic E-state index is 12.3. The zero-order valence-corrected chi connectivity index (χ0v) is 12.5. The van der Waals surface area contributed by atoms with Gasteiger partial charge in [-0.3, -0.25) is 9.59 Å². The van der Waals surface area contributed by atoms with E-state index in [4.69, 9.17) is 5.73 Å². The first-order valence-corrected chi connectivity index (χ1v) is 7.32. The largest absolute Gasteiger partial charge is 0.368 e. The maximum Gasteiger partial charge on any atom is 0.244 e. The number of hydrogen-bond acceptors (Lipinski definition) is 2. The SMILES string of the molecule is NC(=O)[C@H](NC(=O)Cn1ccc2ccccc21)c1ccccc1. The number of primary amides is 1. The van der Waals surface area contributed by atoms with E-state index in [0.717, 1.165) is 10.9 Å². The van der Waals surface area contributed by atoms with Crippen molar-refractivity contribution >= 4 is 22.7 Å². The van der Waals surface area contributed by atoms with Crippen molar-refractivity contribution in [3.8, 4) is 0 Å². The van der Waals surface area contributed by atoms with Gasteiger partial charge in [-0.1, -0.05) is 48.5 Å². The third kappa shape index (κ3) is 3.23. The second-order valence-electron chi connectivity index (χ2n) is 5.32. The number of nitrogens with one attached hydrogen (secondary N) is 1. The molecule has 116 valence electrons. The van der Waals surface area contributed by atoms with Gasteiger partial charge in [-0.05, 0) is 23.1 Å². The number of carbonyl (C=O) groups excluding carboxylic acids is 2. The Bertz CT molecular complexity index is 840. The summed E-state index contributed by atoms with van der Waals surface area (Å²) >= 11 is 0. The minimum atomic E-state index is -0.828. The van der Waals surface area contributed by atoms with Crippen LogP contribution in [-0.4, -0.2) is 16.4 Å². The highest BCUT2D eigenvalue weighted by molar-refractivity contribution is 5.88. The van der Waals surface area contributed by atoms with Crippen LogP contribution in [0.25, 0.3) is 10.9 Å². The Kier molecular flexibility index (Phi) is 4.10. The van der Waals surface area contributed by atoms with Gasteiger partial charge in [0, 0.05) is 11.7 Å². The van der Waals surface area contributed by atoms with Crippen molar-refractivity contribution in [2.24, 2.45) is 5.73 Å². The molecule has 0 aliphatic heterocycles. The maximum absolute atomic E-state index is 12.3. The minimum absolute atomic E-state index is 0.129. The molecule has 0 unspecified atom stereocenters. The Balaban J connectivity index is 1.76. The predicted octanol–water partition coefficient (Wildman–Crippen LogP) is 1.98. The summed E-state index contributed by atoms with van der Waals surface area (Å²) in [6, 6.07) is 17.9. The lowest BCUT2D eigenvalue weighted by Gasteiger charge is -2.16. The van der Waals surface area contributed by atoms with Crippen LogP contribution in [0, 0.1) is 0 Å². The molecule has 5 nitrogen and oxygen atoms in total. The lowest BCUT2D eigenvalue weighted by molar-refractivity contribution is -0.127. The molecule has 3 aromatic rings. The molecule has 2 amide bonds. The van der Waals surface area contributed by atoms with E-state index in [0.29, 0.717) is 5.56 Å². The summed E-state index contributed by atoms with van der Waals surface area (Å²) < 4.78 is 1.84. The number of rotatable bonds is 5. The van der Waals surface area contributed by atoms with Crippen molar-refractivity contribution in [1.82, 2.24) is 9.88 Å². The van der Waals surface area contributed by atoms with E-state index < -0.39 is 11.9 Å². The van der Waals surface area contributed by atoms with E-state index in [1.807, 2.05) is 47.2 Å². The molecule has 1 heterocycles. The van der Waals surface area contributed by atoms with Gasteiger partial charge in [-0.25, -0.2) is 0 Å². The van der Waals surface area contributed by atoms with Crippen LogP contribution in [0.2, 0.25) is 0 Å². The Morgan fingerprint density at radius 2 is 1.70 bits per heavy atom. The van der Waals surface area contributed by atoms with Gasteiger partial charge >= 0.3 is 0 Å². The van der Waals surface area contributed by atoms with Crippen LogP contribution in [0.15, 0.2) is 66.9 Å². The summed E-state index contributed by atoms with van der Waals surface area (Å²) in [5.74, 6) is -0.846. The molecule has 0 spiro atoms. The lowest BCUT2D eigenvalue weighted by atomic mass is 10.1. The van der Waals surface area contributed by atoms with Crippen LogP contribution in [0.4, 0.5) is 0 Å². The molecule has 0 aliphatic carbocycles. The summed E-state index contributed by atoms with van der Waals surface area (Å²) in [7, 11) is 0. The zero-order valence-electron chi connectivity index (χ0n) is 12.5. The first kappa shape index (κ1) is 14.8. The van der Waals surface area contributed by atoms with Gasteiger partial charge in [0.1, 0.15) is 12.6 Å². The third-order valence-electron chi connectivity index (χ3n) is 3.72.